The first-order chi connectivity index (χ1) is 5.95. The molecule has 1 aliphatic heterocycles. The minimum atomic E-state index is -0.989. The molecule has 0 bridgehead atoms. The van der Waals surface area contributed by atoms with Gasteiger partial charge in [-0.05, 0) is 13.8 Å². The van der Waals surface area contributed by atoms with E-state index >= 15 is 0 Å². The number of nitrogens with zero attached hydrogens (tertiary/aromatic N) is 1. The number of rotatable bonds is 1. The van der Waals surface area contributed by atoms with Gasteiger partial charge in [-0.3, -0.25) is 0 Å². The Labute approximate surface area is 76.0 Å². The number of hydrogen-bond donors (Lipinski definition) is 2. The van der Waals surface area contributed by atoms with Gasteiger partial charge in [-0.2, -0.15) is 0 Å². The Balaban J connectivity index is 3.14. The number of carbonyl (C=O) groups is 2. The smallest absolute Gasteiger partial charge is 0.335 e. The molecule has 1 aliphatic rings. The molecule has 13 heavy (non-hydrogen) atoms. The Morgan fingerprint density at radius 2 is 2.15 bits per heavy atom. The molecule has 2 amide bonds. The van der Waals surface area contributed by atoms with Crippen LogP contribution in [0.2, 0.25) is 0 Å². The minimum absolute atomic E-state index is 0.238. The zero-order valence-electron chi connectivity index (χ0n) is 7.79. The quantitative estimate of drug-likeness (QED) is 0.619. The molecule has 0 saturated carbocycles. The van der Waals surface area contributed by atoms with Crippen molar-refractivity contribution in [2.24, 2.45) is 0 Å². The molecule has 5 heteroatoms. The molecule has 0 fully saturated rings. The van der Waals surface area contributed by atoms with Crippen LogP contribution in [0.25, 0.3) is 0 Å². The van der Waals surface area contributed by atoms with Crippen molar-refractivity contribution in [2.75, 3.05) is 7.05 Å². The maximum Gasteiger partial charge on any atom is 0.335 e. The summed E-state index contributed by atoms with van der Waals surface area (Å²) in [6.45, 7) is 3.27. The molecule has 1 atom stereocenters. The Bertz CT molecular complexity index is 296. The summed E-state index contributed by atoms with van der Waals surface area (Å²) in [6.07, 6.45) is 0. The molecule has 0 radical (unpaired) electrons. The normalized spacial score (nSPS) is 23.2. The monoisotopic (exact) mass is 184 g/mol. The lowest BCUT2D eigenvalue weighted by Crippen LogP contribution is -2.49. The fourth-order valence-electron chi connectivity index (χ4n) is 1.34. The first-order valence-electron chi connectivity index (χ1n) is 3.93. The summed E-state index contributed by atoms with van der Waals surface area (Å²) in [5.74, 6) is -0.989. The van der Waals surface area contributed by atoms with E-state index in [2.05, 4.69) is 5.32 Å². The van der Waals surface area contributed by atoms with Crippen LogP contribution in [0.5, 0.6) is 0 Å². The van der Waals surface area contributed by atoms with Crippen molar-refractivity contribution >= 4 is 12.0 Å². The molecule has 0 saturated heterocycles. The lowest BCUT2D eigenvalue weighted by molar-refractivity contribution is -0.133. The number of nitrogens with one attached hydrogen (secondary N) is 1. The van der Waals surface area contributed by atoms with Crippen molar-refractivity contribution in [3.05, 3.63) is 11.3 Å². The second-order valence-electron chi connectivity index (χ2n) is 3.03. The number of carboxylic acids is 1. The minimum Gasteiger partial charge on any atom is -0.478 e. The summed E-state index contributed by atoms with van der Waals surface area (Å²) in [4.78, 5) is 23.3. The third kappa shape index (κ3) is 1.49. The molecule has 5 nitrogen and oxygen atoms in total. The maximum atomic E-state index is 11.2. The van der Waals surface area contributed by atoms with E-state index in [1.54, 1.807) is 20.9 Å². The lowest BCUT2D eigenvalue weighted by Gasteiger charge is -2.30. The third-order valence-corrected chi connectivity index (χ3v) is 2.20. The SMILES string of the molecule is CC1=C(C(=O)O)C(C)NC(=O)N1C. The molecular weight excluding hydrogens is 172 g/mol. The van der Waals surface area contributed by atoms with Gasteiger partial charge in [-0.25, -0.2) is 9.59 Å². The number of carboxylic acid groups (broad SMARTS) is 1. The van der Waals surface area contributed by atoms with Crippen molar-refractivity contribution < 1.29 is 14.7 Å². The highest BCUT2D eigenvalue weighted by atomic mass is 16.4. The summed E-state index contributed by atoms with van der Waals surface area (Å²) < 4.78 is 0. The fourth-order valence-corrected chi connectivity index (χ4v) is 1.34. The lowest BCUT2D eigenvalue weighted by atomic mass is 10.0. The van der Waals surface area contributed by atoms with Crippen LogP contribution in [0.1, 0.15) is 13.8 Å². The average Bonchev–Trinajstić information content (AvgIpc) is 1.99. The summed E-state index contributed by atoms with van der Waals surface area (Å²) >= 11 is 0. The van der Waals surface area contributed by atoms with Gasteiger partial charge in [0.05, 0.1) is 11.6 Å². The molecule has 0 spiro atoms. The van der Waals surface area contributed by atoms with Crippen LogP contribution in [0.4, 0.5) is 4.79 Å². The molecule has 0 aromatic carbocycles. The van der Waals surface area contributed by atoms with Crippen LogP contribution >= 0.6 is 0 Å². The van der Waals surface area contributed by atoms with E-state index in [0.29, 0.717) is 5.70 Å². The van der Waals surface area contributed by atoms with Gasteiger partial charge in [0.15, 0.2) is 0 Å². The zero-order chi connectivity index (χ0) is 10.2. The number of amides is 2. The molecule has 1 rings (SSSR count). The highest BCUT2D eigenvalue weighted by molar-refractivity contribution is 5.93. The van der Waals surface area contributed by atoms with Crippen LogP contribution in [-0.2, 0) is 4.79 Å². The standard InChI is InChI=1S/C8H12N2O3/c1-4-6(7(11)12)5(2)10(3)8(13)9-4/h4H,1-3H3,(H,9,13)(H,11,12). The maximum absolute atomic E-state index is 11.2. The van der Waals surface area contributed by atoms with E-state index in [0.717, 1.165) is 0 Å². The molecule has 0 aliphatic carbocycles. The van der Waals surface area contributed by atoms with E-state index in [9.17, 15) is 9.59 Å². The first kappa shape index (κ1) is 9.57. The highest BCUT2D eigenvalue weighted by Crippen LogP contribution is 2.17. The highest BCUT2D eigenvalue weighted by Gasteiger charge is 2.29. The van der Waals surface area contributed by atoms with E-state index < -0.39 is 12.0 Å². The summed E-state index contributed by atoms with van der Waals surface area (Å²) in [5.41, 5.74) is 0.728. The molecule has 0 aromatic heterocycles. The van der Waals surface area contributed by atoms with Crippen LogP contribution < -0.4 is 5.32 Å². The summed E-state index contributed by atoms with van der Waals surface area (Å²) in [6, 6.07) is -0.698. The Kier molecular flexibility index (Phi) is 2.27. The van der Waals surface area contributed by atoms with Crippen LogP contribution in [-0.4, -0.2) is 35.1 Å². The van der Waals surface area contributed by atoms with Gasteiger partial charge >= 0.3 is 12.0 Å². The van der Waals surface area contributed by atoms with Crippen LogP contribution in [0, 0.1) is 0 Å². The number of allylic oxidation sites excluding steroid dienone is 1. The van der Waals surface area contributed by atoms with Gasteiger partial charge in [0, 0.05) is 12.7 Å². The summed E-state index contributed by atoms with van der Waals surface area (Å²) in [7, 11) is 1.54. The van der Waals surface area contributed by atoms with Crippen LogP contribution in [0.15, 0.2) is 11.3 Å². The van der Waals surface area contributed by atoms with Crippen molar-refractivity contribution in [2.45, 2.75) is 19.9 Å². The molecular formula is C8H12N2O3. The Hall–Kier alpha value is -1.52. The number of urea groups is 1. The topological polar surface area (TPSA) is 69.6 Å². The van der Waals surface area contributed by atoms with E-state index in [-0.39, 0.29) is 11.6 Å². The first-order valence-corrected chi connectivity index (χ1v) is 3.93. The molecule has 72 valence electrons. The van der Waals surface area contributed by atoms with Crippen LogP contribution in [0.3, 0.4) is 0 Å². The summed E-state index contributed by atoms with van der Waals surface area (Å²) in [5, 5.41) is 11.4. The van der Waals surface area contributed by atoms with Crippen molar-refractivity contribution in [3.8, 4) is 0 Å². The van der Waals surface area contributed by atoms with Crippen molar-refractivity contribution in [3.63, 3.8) is 0 Å². The molecule has 2 N–H and O–H groups in total. The number of aliphatic carboxylic acids is 1. The second-order valence-corrected chi connectivity index (χ2v) is 3.03. The van der Waals surface area contributed by atoms with E-state index in [4.69, 9.17) is 5.11 Å². The Morgan fingerprint density at radius 3 is 2.62 bits per heavy atom. The van der Waals surface area contributed by atoms with Gasteiger partial charge in [-0.1, -0.05) is 0 Å². The predicted octanol–water partition coefficient (Wildman–Crippen LogP) is 0.389. The Morgan fingerprint density at radius 1 is 1.62 bits per heavy atom. The zero-order valence-corrected chi connectivity index (χ0v) is 7.79. The van der Waals surface area contributed by atoms with Gasteiger partial charge < -0.3 is 15.3 Å². The molecule has 1 unspecified atom stereocenters. The number of hydrogen-bond acceptors (Lipinski definition) is 2. The van der Waals surface area contributed by atoms with Gasteiger partial charge in [0.2, 0.25) is 0 Å². The molecule has 1 heterocycles. The van der Waals surface area contributed by atoms with E-state index in [1.807, 2.05) is 0 Å². The third-order valence-electron chi connectivity index (χ3n) is 2.20. The average molecular weight is 184 g/mol. The largest absolute Gasteiger partial charge is 0.478 e. The van der Waals surface area contributed by atoms with Gasteiger partial charge in [0.25, 0.3) is 0 Å². The van der Waals surface area contributed by atoms with Gasteiger partial charge in [-0.15, -0.1) is 0 Å². The van der Waals surface area contributed by atoms with Crippen molar-refractivity contribution in [1.82, 2.24) is 10.2 Å². The van der Waals surface area contributed by atoms with E-state index in [1.165, 1.54) is 4.90 Å². The predicted molar refractivity (Wildman–Crippen MR) is 46.1 cm³/mol. The molecule has 0 aromatic rings. The van der Waals surface area contributed by atoms with Crippen molar-refractivity contribution in [1.29, 1.82) is 0 Å². The van der Waals surface area contributed by atoms with Gasteiger partial charge in [0.1, 0.15) is 0 Å². The fraction of sp³-hybridized carbons (Fsp3) is 0.500. The number of carbonyl (C=O) groups excluding carboxylic acids is 1. The second kappa shape index (κ2) is 3.08.